The van der Waals surface area contributed by atoms with E-state index in [1.807, 2.05) is 0 Å². The molecule has 5 atom stereocenters. The summed E-state index contributed by atoms with van der Waals surface area (Å²) < 4.78 is 0. The molecule has 0 aromatic heterocycles. The molecule has 1 saturated carbocycles. The molecule has 0 saturated heterocycles. The van der Waals surface area contributed by atoms with Crippen molar-refractivity contribution in [2.24, 2.45) is 35.5 Å². The standard InChI is InChI=1S/C23H46/c1-7-9-18(2)12-13-19(3)16-20(4)14-15-21(5)22(6)17-23-10-8-11-23/h18-23H,7-17H2,1-6H3. The molecule has 1 aliphatic rings. The van der Waals surface area contributed by atoms with E-state index in [0.29, 0.717) is 0 Å². The van der Waals surface area contributed by atoms with Gasteiger partial charge in [-0.15, -0.1) is 0 Å². The van der Waals surface area contributed by atoms with Crippen LogP contribution in [0.3, 0.4) is 0 Å². The Morgan fingerprint density at radius 2 is 1.26 bits per heavy atom. The van der Waals surface area contributed by atoms with Gasteiger partial charge in [0.1, 0.15) is 0 Å². The number of hydrogen-bond acceptors (Lipinski definition) is 0. The molecule has 1 fully saturated rings. The van der Waals surface area contributed by atoms with Crippen LogP contribution in [0.15, 0.2) is 0 Å². The van der Waals surface area contributed by atoms with Crippen LogP contribution in [0.25, 0.3) is 0 Å². The van der Waals surface area contributed by atoms with Crippen LogP contribution in [0.5, 0.6) is 0 Å². The molecule has 1 aliphatic carbocycles. The SMILES string of the molecule is CCCC(C)CCC(C)CC(C)CCC(C)C(C)CC1CCC1. The minimum atomic E-state index is 0.921. The molecule has 0 radical (unpaired) electrons. The summed E-state index contributed by atoms with van der Waals surface area (Å²) in [7, 11) is 0. The third kappa shape index (κ3) is 9.16. The highest BCUT2D eigenvalue weighted by molar-refractivity contribution is 4.75. The molecule has 0 amide bonds. The van der Waals surface area contributed by atoms with Crippen molar-refractivity contribution in [2.75, 3.05) is 0 Å². The molecule has 0 heteroatoms. The third-order valence-corrected chi connectivity index (χ3v) is 6.75. The van der Waals surface area contributed by atoms with Crippen LogP contribution in [-0.4, -0.2) is 0 Å². The maximum atomic E-state index is 2.51. The van der Waals surface area contributed by atoms with Crippen molar-refractivity contribution in [3.8, 4) is 0 Å². The fraction of sp³-hybridized carbons (Fsp3) is 1.00. The minimum Gasteiger partial charge on any atom is -0.0654 e. The molecule has 0 N–H and O–H groups in total. The van der Waals surface area contributed by atoms with Crippen LogP contribution in [0.1, 0.15) is 112 Å². The topological polar surface area (TPSA) is 0 Å². The molecule has 0 spiro atoms. The molecule has 0 aromatic carbocycles. The summed E-state index contributed by atoms with van der Waals surface area (Å²) in [4.78, 5) is 0. The van der Waals surface area contributed by atoms with E-state index in [4.69, 9.17) is 0 Å². The van der Waals surface area contributed by atoms with Crippen molar-refractivity contribution >= 4 is 0 Å². The lowest BCUT2D eigenvalue weighted by molar-refractivity contribution is 0.208. The molecule has 0 nitrogen and oxygen atoms in total. The quantitative estimate of drug-likeness (QED) is 0.321. The first-order valence-electron chi connectivity index (χ1n) is 10.9. The van der Waals surface area contributed by atoms with Crippen molar-refractivity contribution in [1.82, 2.24) is 0 Å². The van der Waals surface area contributed by atoms with E-state index in [0.717, 1.165) is 35.5 Å². The van der Waals surface area contributed by atoms with E-state index in [2.05, 4.69) is 41.5 Å². The van der Waals surface area contributed by atoms with Crippen molar-refractivity contribution in [3.63, 3.8) is 0 Å². The van der Waals surface area contributed by atoms with Gasteiger partial charge < -0.3 is 0 Å². The molecule has 1 rings (SSSR count). The highest BCUT2D eigenvalue weighted by Gasteiger charge is 2.23. The van der Waals surface area contributed by atoms with E-state index in [1.54, 1.807) is 0 Å². The Balaban J connectivity index is 2.10. The normalized spacial score (nSPS) is 22.2. The van der Waals surface area contributed by atoms with E-state index < -0.39 is 0 Å². The second kappa shape index (κ2) is 11.5. The second-order valence-corrected chi connectivity index (χ2v) is 9.48. The number of hydrogen-bond donors (Lipinski definition) is 0. The molecular formula is C23H46. The Morgan fingerprint density at radius 1 is 0.696 bits per heavy atom. The Hall–Kier alpha value is 0. The average molecular weight is 323 g/mol. The molecule has 0 heterocycles. The van der Waals surface area contributed by atoms with E-state index in [-0.39, 0.29) is 0 Å². The van der Waals surface area contributed by atoms with Crippen LogP contribution in [0.2, 0.25) is 0 Å². The van der Waals surface area contributed by atoms with Crippen molar-refractivity contribution in [1.29, 1.82) is 0 Å². The first-order valence-corrected chi connectivity index (χ1v) is 10.9. The van der Waals surface area contributed by atoms with Crippen LogP contribution < -0.4 is 0 Å². The van der Waals surface area contributed by atoms with Gasteiger partial charge in [0.05, 0.1) is 0 Å². The van der Waals surface area contributed by atoms with E-state index in [1.165, 1.54) is 70.6 Å². The van der Waals surface area contributed by atoms with Gasteiger partial charge in [-0.2, -0.15) is 0 Å². The maximum Gasteiger partial charge on any atom is -0.0412 e. The van der Waals surface area contributed by atoms with E-state index >= 15 is 0 Å². The number of rotatable bonds is 13. The molecule has 23 heavy (non-hydrogen) atoms. The zero-order valence-electron chi connectivity index (χ0n) is 17.2. The summed E-state index contributed by atoms with van der Waals surface area (Å²) in [5.74, 6) is 5.73. The van der Waals surface area contributed by atoms with Gasteiger partial charge in [0.25, 0.3) is 0 Å². The predicted molar refractivity (Wildman–Crippen MR) is 106 cm³/mol. The van der Waals surface area contributed by atoms with Crippen molar-refractivity contribution in [3.05, 3.63) is 0 Å². The molecule has 5 unspecified atom stereocenters. The van der Waals surface area contributed by atoms with Gasteiger partial charge in [0.2, 0.25) is 0 Å². The minimum absolute atomic E-state index is 0.921. The largest absolute Gasteiger partial charge is 0.0654 e. The predicted octanol–water partition coefficient (Wildman–Crippen LogP) is 8.11. The Kier molecular flexibility index (Phi) is 10.6. The van der Waals surface area contributed by atoms with Gasteiger partial charge in [-0.05, 0) is 48.3 Å². The van der Waals surface area contributed by atoms with Gasteiger partial charge in [-0.3, -0.25) is 0 Å². The summed E-state index contributed by atoms with van der Waals surface area (Å²) >= 11 is 0. The van der Waals surface area contributed by atoms with Gasteiger partial charge in [-0.25, -0.2) is 0 Å². The summed E-state index contributed by atoms with van der Waals surface area (Å²) in [6, 6.07) is 0. The second-order valence-electron chi connectivity index (χ2n) is 9.48. The molecule has 138 valence electrons. The lowest BCUT2D eigenvalue weighted by Crippen LogP contribution is -2.19. The summed E-state index contributed by atoms with van der Waals surface area (Å²) in [5, 5.41) is 0. The van der Waals surface area contributed by atoms with Crippen molar-refractivity contribution in [2.45, 2.75) is 112 Å². The first-order chi connectivity index (χ1) is 10.9. The fourth-order valence-corrected chi connectivity index (χ4v) is 4.45. The molecule has 0 aliphatic heterocycles. The van der Waals surface area contributed by atoms with E-state index in [9.17, 15) is 0 Å². The molecule has 0 aromatic rings. The van der Waals surface area contributed by atoms with Gasteiger partial charge >= 0.3 is 0 Å². The zero-order valence-corrected chi connectivity index (χ0v) is 17.2. The van der Waals surface area contributed by atoms with Crippen LogP contribution in [0, 0.1) is 35.5 Å². The lowest BCUT2D eigenvalue weighted by atomic mass is 9.75. The van der Waals surface area contributed by atoms with Crippen LogP contribution in [-0.2, 0) is 0 Å². The Labute approximate surface area is 148 Å². The highest BCUT2D eigenvalue weighted by Crippen LogP contribution is 2.35. The monoisotopic (exact) mass is 322 g/mol. The maximum absolute atomic E-state index is 2.51. The zero-order chi connectivity index (χ0) is 17.2. The molecule has 0 bridgehead atoms. The summed E-state index contributed by atoms with van der Waals surface area (Å²) in [5.41, 5.74) is 0. The van der Waals surface area contributed by atoms with Gasteiger partial charge in [0.15, 0.2) is 0 Å². The van der Waals surface area contributed by atoms with Crippen LogP contribution >= 0.6 is 0 Å². The van der Waals surface area contributed by atoms with Gasteiger partial charge in [0, 0.05) is 0 Å². The smallest absolute Gasteiger partial charge is 0.0412 e. The third-order valence-electron chi connectivity index (χ3n) is 6.75. The highest BCUT2D eigenvalue weighted by atomic mass is 14.3. The summed E-state index contributed by atoms with van der Waals surface area (Å²) in [6.07, 6.45) is 16.0. The lowest BCUT2D eigenvalue weighted by Gasteiger charge is -2.31. The van der Waals surface area contributed by atoms with Crippen molar-refractivity contribution < 1.29 is 0 Å². The van der Waals surface area contributed by atoms with Gasteiger partial charge in [-0.1, -0.05) is 99.3 Å². The first kappa shape index (κ1) is 21.0. The van der Waals surface area contributed by atoms with Crippen LogP contribution in [0.4, 0.5) is 0 Å². The molecular weight excluding hydrogens is 276 g/mol. The average Bonchev–Trinajstić information content (AvgIpc) is 2.46. The Bertz CT molecular complexity index is 278. The fourth-order valence-electron chi connectivity index (χ4n) is 4.45. The summed E-state index contributed by atoms with van der Waals surface area (Å²) in [6.45, 7) is 14.7. The Morgan fingerprint density at radius 3 is 1.78 bits per heavy atom.